The van der Waals surface area contributed by atoms with Crippen molar-refractivity contribution in [1.29, 1.82) is 0 Å². The molecule has 0 aliphatic heterocycles. The lowest BCUT2D eigenvalue weighted by Crippen LogP contribution is -2.62. The van der Waals surface area contributed by atoms with Crippen molar-refractivity contribution in [2.75, 3.05) is 0 Å². The summed E-state index contributed by atoms with van der Waals surface area (Å²) in [7, 11) is 0. The zero-order valence-corrected chi connectivity index (χ0v) is 25.1. The Morgan fingerprint density at radius 2 is 1.97 bits per heavy atom. The van der Waals surface area contributed by atoms with E-state index in [1.165, 1.54) is 4.88 Å². The number of Topliss-reactive ketones (excluding diaryl/α,β-unsaturated/α-hetero) is 1. The molecule has 11 atom stereocenters. The molecule has 1 amide bonds. The molecule has 206 valence electrons. The summed E-state index contributed by atoms with van der Waals surface area (Å²) < 4.78 is 1.07. The van der Waals surface area contributed by atoms with Crippen molar-refractivity contribution in [2.24, 2.45) is 46.3 Å². The normalized spacial score (nSPS) is 42.9. The summed E-state index contributed by atoms with van der Waals surface area (Å²) in [6.45, 7) is 8.86. The van der Waals surface area contributed by atoms with Crippen LogP contribution in [0.4, 0.5) is 0 Å². The van der Waals surface area contributed by atoms with E-state index in [0.717, 1.165) is 29.5 Å². The van der Waals surface area contributed by atoms with Crippen molar-refractivity contribution in [2.45, 2.75) is 104 Å². The van der Waals surface area contributed by atoms with E-state index in [1.807, 2.05) is 6.07 Å². The van der Waals surface area contributed by atoms with Gasteiger partial charge in [-0.3, -0.25) is 9.59 Å². The van der Waals surface area contributed by atoms with Crippen LogP contribution in [0.15, 0.2) is 15.9 Å². The number of hydrogen-bond acceptors (Lipinski definition) is 5. The zero-order chi connectivity index (χ0) is 26.7. The summed E-state index contributed by atoms with van der Waals surface area (Å²) in [6.07, 6.45) is 6.00. The predicted octanol–water partition coefficient (Wildman–Crippen LogP) is 6.27. The summed E-state index contributed by atoms with van der Waals surface area (Å²) in [6, 6.07) is 4.13. The molecule has 5 nitrogen and oxygen atoms in total. The largest absolute Gasteiger partial charge is 0.393 e. The van der Waals surface area contributed by atoms with Crippen molar-refractivity contribution in [3.8, 4) is 0 Å². The van der Waals surface area contributed by atoms with Gasteiger partial charge in [-0.1, -0.05) is 27.7 Å². The summed E-state index contributed by atoms with van der Waals surface area (Å²) in [5.41, 5.74) is -0.270. The minimum absolute atomic E-state index is 0.0235. The summed E-state index contributed by atoms with van der Waals surface area (Å²) in [4.78, 5) is 26.6. The maximum Gasteiger partial charge on any atom is 0.220 e. The molecule has 4 fully saturated rings. The fourth-order valence-corrected chi connectivity index (χ4v) is 11.1. The molecule has 4 aliphatic rings. The van der Waals surface area contributed by atoms with Crippen LogP contribution >= 0.6 is 27.3 Å². The van der Waals surface area contributed by atoms with Gasteiger partial charge in [-0.2, -0.15) is 0 Å². The first kappa shape index (κ1) is 27.8. The second-order valence-electron chi connectivity index (χ2n) is 13.2. The maximum absolute atomic E-state index is 13.2. The van der Waals surface area contributed by atoms with Crippen LogP contribution < -0.4 is 5.32 Å². The lowest BCUT2D eigenvalue weighted by molar-refractivity contribution is -0.201. The van der Waals surface area contributed by atoms with E-state index in [2.05, 4.69) is 55.0 Å². The summed E-state index contributed by atoms with van der Waals surface area (Å²) in [5.74, 6) is 1.75. The van der Waals surface area contributed by atoms with Gasteiger partial charge < -0.3 is 15.5 Å². The zero-order valence-electron chi connectivity index (χ0n) is 22.7. The minimum Gasteiger partial charge on any atom is -0.393 e. The first-order valence-corrected chi connectivity index (χ1v) is 16.0. The molecule has 4 saturated carbocycles. The Labute approximate surface area is 234 Å². The maximum atomic E-state index is 13.2. The van der Waals surface area contributed by atoms with Crippen molar-refractivity contribution in [1.82, 2.24) is 5.32 Å². The van der Waals surface area contributed by atoms with Gasteiger partial charge in [-0.25, -0.2) is 0 Å². The van der Waals surface area contributed by atoms with Gasteiger partial charge in [0.15, 0.2) is 0 Å². The van der Waals surface area contributed by atoms with Crippen molar-refractivity contribution < 1.29 is 19.8 Å². The number of halogens is 1. The number of thiophene rings is 1. The number of fused-ring (bicyclic) bond motifs is 5. The number of aliphatic hydroxyl groups is 2. The highest BCUT2D eigenvalue weighted by Gasteiger charge is 2.65. The van der Waals surface area contributed by atoms with Gasteiger partial charge in [-0.05, 0) is 113 Å². The molecule has 5 rings (SSSR count). The van der Waals surface area contributed by atoms with Gasteiger partial charge in [0, 0.05) is 24.1 Å². The third-order valence-electron chi connectivity index (χ3n) is 11.6. The van der Waals surface area contributed by atoms with E-state index < -0.39 is 12.2 Å². The van der Waals surface area contributed by atoms with Crippen LogP contribution in [0, 0.1) is 46.3 Å². The highest BCUT2D eigenvalue weighted by Crippen LogP contribution is 2.68. The molecule has 0 radical (unpaired) electrons. The molecule has 7 heteroatoms. The van der Waals surface area contributed by atoms with Gasteiger partial charge in [0.05, 0.1) is 22.0 Å². The number of aliphatic hydroxyl groups excluding tert-OH is 2. The monoisotopic (exact) mass is 593 g/mol. The molecule has 0 unspecified atom stereocenters. The minimum atomic E-state index is -0.441. The number of hydrogen-bond donors (Lipinski definition) is 3. The van der Waals surface area contributed by atoms with Gasteiger partial charge in [-0.15, -0.1) is 11.3 Å². The van der Waals surface area contributed by atoms with Gasteiger partial charge in [0.1, 0.15) is 5.78 Å². The second-order valence-corrected chi connectivity index (χ2v) is 15.7. The van der Waals surface area contributed by atoms with Crippen LogP contribution in [0.2, 0.25) is 0 Å². The van der Waals surface area contributed by atoms with Gasteiger partial charge in [0.25, 0.3) is 0 Å². The van der Waals surface area contributed by atoms with Crippen LogP contribution in [0.1, 0.15) is 96.4 Å². The Morgan fingerprint density at radius 3 is 2.65 bits per heavy atom. The Hall–Kier alpha value is -0.760. The van der Waals surface area contributed by atoms with E-state index in [0.29, 0.717) is 37.9 Å². The van der Waals surface area contributed by atoms with E-state index in [1.54, 1.807) is 11.3 Å². The van der Waals surface area contributed by atoms with Crippen molar-refractivity contribution in [3.63, 3.8) is 0 Å². The predicted molar refractivity (Wildman–Crippen MR) is 150 cm³/mol. The molecule has 0 spiro atoms. The fourth-order valence-electron chi connectivity index (χ4n) is 9.52. The standard InChI is InChI=1S/C30H44BrNO4S/c1-5-22(24-8-9-26(31)37-24)32-27(36)12-16(2)19-6-7-20-28-21(15-25(35)30(19,20)4)29(3)11-10-18(33)13-17(29)14-23(28)34/h8-9,16-17,19-23,25,28,34-35H,5-7,10-15H2,1-4H3,(H,32,36)/t16-,17+,19-,20+,21+,22-,23+,25+,28+,29+,30-/m1/s1. The van der Waals surface area contributed by atoms with Crippen molar-refractivity contribution >= 4 is 39.0 Å². The molecule has 1 aromatic heterocycles. The molecule has 4 aliphatic carbocycles. The van der Waals surface area contributed by atoms with Crippen LogP contribution in [-0.2, 0) is 9.59 Å². The quantitative estimate of drug-likeness (QED) is 0.362. The number of carbonyl (C=O) groups excluding carboxylic acids is 2. The van der Waals surface area contributed by atoms with Crippen LogP contribution in [-0.4, -0.2) is 34.1 Å². The Morgan fingerprint density at radius 1 is 1.22 bits per heavy atom. The Kier molecular flexibility index (Phi) is 7.76. The lowest BCUT2D eigenvalue weighted by atomic mass is 9.43. The average molecular weight is 595 g/mol. The first-order valence-electron chi connectivity index (χ1n) is 14.4. The third kappa shape index (κ3) is 4.68. The highest BCUT2D eigenvalue weighted by atomic mass is 79.9. The average Bonchev–Trinajstić information content (AvgIpc) is 3.43. The van der Waals surface area contributed by atoms with Crippen LogP contribution in [0.3, 0.4) is 0 Å². The van der Waals surface area contributed by atoms with Crippen LogP contribution in [0.25, 0.3) is 0 Å². The molecular formula is C30H44BrNO4S. The molecular weight excluding hydrogens is 550 g/mol. The smallest absolute Gasteiger partial charge is 0.220 e. The molecule has 0 bridgehead atoms. The molecule has 1 aromatic rings. The second kappa shape index (κ2) is 10.3. The Balaban J connectivity index is 1.31. The number of rotatable bonds is 6. The number of ketones is 1. The number of amides is 1. The fraction of sp³-hybridized carbons (Fsp3) is 0.800. The van der Waals surface area contributed by atoms with E-state index in [-0.39, 0.29) is 58.3 Å². The molecule has 37 heavy (non-hydrogen) atoms. The molecule has 3 N–H and O–H groups in total. The van der Waals surface area contributed by atoms with E-state index in [4.69, 9.17) is 0 Å². The third-order valence-corrected chi connectivity index (χ3v) is 13.3. The topological polar surface area (TPSA) is 86.6 Å². The Bertz CT molecular complexity index is 1030. The summed E-state index contributed by atoms with van der Waals surface area (Å²) in [5, 5.41) is 26.5. The molecule has 0 saturated heterocycles. The first-order chi connectivity index (χ1) is 17.5. The number of nitrogens with one attached hydrogen (secondary N) is 1. The number of carbonyl (C=O) groups is 2. The van der Waals surface area contributed by atoms with Crippen molar-refractivity contribution in [3.05, 3.63) is 20.8 Å². The SMILES string of the molecule is CC[C@@H](NC(=O)C[C@@H](C)[C@H]1CC[C@H]2[C@@H]3[C@@H](O)C[C@@H]4CC(=O)CC[C@]4(C)[C@H]3C[C@H](O)[C@]12C)c1ccc(Br)s1. The van der Waals surface area contributed by atoms with Crippen LogP contribution in [0.5, 0.6) is 0 Å². The highest BCUT2D eigenvalue weighted by molar-refractivity contribution is 9.11. The van der Waals surface area contributed by atoms with Gasteiger partial charge >= 0.3 is 0 Å². The van der Waals surface area contributed by atoms with E-state index >= 15 is 0 Å². The van der Waals surface area contributed by atoms with Gasteiger partial charge in [0.2, 0.25) is 5.91 Å². The lowest BCUT2D eigenvalue weighted by Gasteiger charge is -2.63. The molecule has 0 aromatic carbocycles. The summed E-state index contributed by atoms with van der Waals surface area (Å²) >= 11 is 5.19. The van der Waals surface area contributed by atoms with E-state index in [9.17, 15) is 19.8 Å². The molecule has 1 heterocycles.